The molecular formula is C25H32ClN3O5S2. The number of halogens is 1. The Labute approximate surface area is 221 Å². The van der Waals surface area contributed by atoms with Crippen molar-refractivity contribution >= 4 is 39.1 Å². The number of thiophene rings is 1. The van der Waals surface area contributed by atoms with Crippen LogP contribution in [0.5, 0.6) is 0 Å². The Hall–Kier alpha value is -1.69. The summed E-state index contributed by atoms with van der Waals surface area (Å²) in [6.07, 6.45) is 3.15. The highest BCUT2D eigenvalue weighted by Crippen LogP contribution is 2.53. The number of sulfonamides is 1. The smallest absolute Gasteiger partial charge is 0.410 e. The van der Waals surface area contributed by atoms with E-state index in [-0.39, 0.29) is 23.6 Å². The number of aliphatic hydroxyl groups is 1. The van der Waals surface area contributed by atoms with Crippen molar-refractivity contribution in [2.45, 2.75) is 54.7 Å². The van der Waals surface area contributed by atoms with Gasteiger partial charge in [-0.25, -0.2) is 13.2 Å². The van der Waals surface area contributed by atoms with Crippen LogP contribution in [0.2, 0.25) is 5.02 Å². The van der Waals surface area contributed by atoms with E-state index in [0.29, 0.717) is 57.0 Å². The lowest BCUT2D eigenvalue weighted by Crippen LogP contribution is -2.55. The predicted octanol–water partition coefficient (Wildman–Crippen LogP) is 3.97. The van der Waals surface area contributed by atoms with E-state index < -0.39 is 21.7 Å². The van der Waals surface area contributed by atoms with E-state index in [0.717, 1.165) is 17.7 Å². The lowest BCUT2D eigenvalue weighted by molar-refractivity contribution is -0.0141. The molecule has 0 spiro atoms. The molecule has 1 aromatic carbocycles. The van der Waals surface area contributed by atoms with Gasteiger partial charge in [-0.2, -0.15) is 4.31 Å². The van der Waals surface area contributed by atoms with Gasteiger partial charge in [-0.1, -0.05) is 17.7 Å². The average Bonchev–Trinajstić information content (AvgIpc) is 3.44. The maximum atomic E-state index is 14.1. The number of nitrogens with zero attached hydrogens (tertiary/aromatic N) is 3. The van der Waals surface area contributed by atoms with Crippen LogP contribution in [0.1, 0.15) is 43.0 Å². The number of ether oxygens (including phenoxy) is 1. The molecule has 8 nitrogen and oxygen atoms in total. The Kier molecular flexibility index (Phi) is 7.63. The van der Waals surface area contributed by atoms with Gasteiger partial charge in [-0.15, -0.1) is 11.3 Å². The third-order valence-corrected chi connectivity index (χ3v) is 10.7. The molecule has 11 heteroatoms. The van der Waals surface area contributed by atoms with Crippen LogP contribution in [0, 0.1) is 0 Å². The summed E-state index contributed by atoms with van der Waals surface area (Å²) in [7, 11) is -3.87. The molecule has 1 saturated carbocycles. The van der Waals surface area contributed by atoms with Crippen LogP contribution in [0.25, 0.3) is 0 Å². The van der Waals surface area contributed by atoms with Gasteiger partial charge in [0.15, 0.2) is 0 Å². The van der Waals surface area contributed by atoms with Crippen LogP contribution in [0.4, 0.5) is 4.79 Å². The number of carbonyl (C=O) groups is 1. The van der Waals surface area contributed by atoms with Crippen LogP contribution in [-0.2, 0) is 14.8 Å². The molecule has 1 N–H and O–H groups in total. The van der Waals surface area contributed by atoms with Crippen LogP contribution < -0.4 is 0 Å². The van der Waals surface area contributed by atoms with Crippen molar-refractivity contribution in [2.75, 3.05) is 39.3 Å². The number of carbonyl (C=O) groups excluding carboxylic acids is 1. The third-order valence-electron chi connectivity index (χ3n) is 7.52. The Morgan fingerprint density at radius 2 is 1.83 bits per heavy atom. The molecule has 1 aromatic heterocycles. The SMILES string of the molecule is O=C(OC1([C@H]2CCC[C@@H](c3cccs3)N2S(=O)(=O)c2ccc(Cl)cc2)CC1)N1CCN(CCO)CC1. The molecule has 3 aliphatic rings. The summed E-state index contributed by atoms with van der Waals surface area (Å²) in [4.78, 5) is 18.2. The maximum absolute atomic E-state index is 14.1. The second kappa shape index (κ2) is 10.6. The van der Waals surface area contributed by atoms with E-state index in [1.54, 1.807) is 44.8 Å². The third kappa shape index (κ3) is 5.16. The van der Waals surface area contributed by atoms with E-state index in [9.17, 15) is 13.2 Å². The number of piperidine rings is 1. The van der Waals surface area contributed by atoms with Gasteiger partial charge in [-0.05, 0) is 67.8 Å². The Morgan fingerprint density at radius 1 is 1.11 bits per heavy atom. The fraction of sp³-hybridized carbons (Fsp3) is 0.560. The summed E-state index contributed by atoms with van der Waals surface area (Å²) >= 11 is 7.60. The molecule has 2 aromatic rings. The van der Waals surface area contributed by atoms with Gasteiger partial charge in [-0.3, -0.25) is 4.90 Å². The van der Waals surface area contributed by atoms with Crippen molar-refractivity contribution in [1.82, 2.24) is 14.1 Å². The highest BCUT2D eigenvalue weighted by atomic mass is 35.5. The summed E-state index contributed by atoms with van der Waals surface area (Å²) < 4.78 is 36.0. The zero-order chi connectivity index (χ0) is 25.3. The van der Waals surface area contributed by atoms with Gasteiger partial charge in [0.1, 0.15) is 5.60 Å². The number of β-amino-alcohol motifs (C(OH)–C–C–N with tert-alkyl or cyclic N) is 1. The summed E-state index contributed by atoms with van der Waals surface area (Å²) in [6.45, 7) is 3.12. The minimum Gasteiger partial charge on any atom is -0.441 e. The molecule has 0 unspecified atom stereocenters. The molecule has 196 valence electrons. The van der Waals surface area contributed by atoms with Gasteiger partial charge in [0.05, 0.1) is 23.6 Å². The fourth-order valence-corrected chi connectivity index (χ4v) is 8.41. The van der Waals surface area contributed by atoms with Crippen molar-refractivity contribution in [3.63, 3.8) is 0 Å². The van der Waals surface area contributed by atoms with Crippen molar-refractivity contribution in [2.24, 2.45) is 0 Å². The second-order valence-electron chi connectivity index (χ2n) is 9.75. The minimum absolute atomic E-state index is 0.0958. The van der Waals surface area contributed by atoms with Crippen LogP contribution >= 0.6 is 22.9 Å². The first-order valence-electron chi connectivity index (χ1n) is 12.5. The minimum atomic E-state index is -3.87. The molecule has 1 amide bonds. The molecule has 2 atom stereocenters. The van der Waals surface area contributed by atoms with Gasteiger partial charge in [0, 0.05) is 42.6 Å². The second-order valence-corrected chi connectivity index (χ2v) is 13.0. The molecule has 2 aliphatic heterocycles. The lowest BCUT2D eigenvalue weighted by atomic mass is 9.92. The van der Waals surface area contributed by atoms with Gasteiger partial charge >= 0.3 is 6.09 Å². The van der Waals surface area contributed by atoms with Gasteiger partial charge in [0.25, 0.3) is 0 Å². The number of benzene rings is 1. The van der Waals surface area contributed by atoms with Crippen molar-refractivity contribution in [3.8, 4) is 0 Å². The summed E-state index contributed by atoms with van der Waals surface area (Å²) in [5, 5.41) is 11.6. The topological polar surface area (TPSA) is 90.4 Å². The van der Waals surface area contributed by atoms with E-state index in [1.165, 1.54) is 0 Å². The van der Waals surface area contributed by atoms with E-state index in [1.807, 2.05) is 17.5 Å². The standard InChI is InChI=1S/C25H32ClN3O5S2/c26-19-6-8-20(9-7-19)36(32,33)29-21(22-4-2-18-35-22)3-1-5-23(29)25(10-11-25)34-24(31)28-14-12-27(13-15-28)16-17-30/h2,4,6-9,18,21,23,30H,1,3,5,10-17H2/t21-,23+/m0/s1. The van der Waals surface area contributed by atoms with Crippen LogP contribution in [-0.4, -0.2) is 84.7 Å². The van der Waals surface area contributed by atoms with Crippen molar-refractivity contribution in [3.05, 3.63) is 51.7 Å². The highest BCUT2D eigenvalue weighted by Gasteiger charge is 2.60. The maximum Gasteiger partial charge on any atom is 0.410 e. The van der Waals surface area contributed by atoms with Gasteiger partial charge < -0.3 is 14.7 Å². The van der Waals surface area contributed by atoms with Crippen molar-refractivity contribution in [1.29, 1.82) is 0 Å². The van der Waals surface area contributed by atoms with E-state index in [2.05, 4.69) is 4.90 Å². The van der Waals surface area contributed by atoms with E-state index >= 15 is 0 Å². The Bertz CT molecular complexity index is 1150. The van der Waals surface area contributed by atoms with E-state index in [4.69, 9.17) is 21.4 Å². The predicted molar refractivity (Wildman–Crippen MR) is 139 cm³/mol. The number of hydrogen-bond acceptors (Lipinski definition) is 7. The number of aliphatic hydroxyl groups excluding tert-OH is 1. The zero-order valence-electron chi connectivity index (χ0n) is 20.1. The van der Waals surface area contributed by atoms with Crippen molar-refractivity contribution < 1.29 is 23.1 Å². The molecule has 3 heterocycles. The quantitative estimate of drug-likeness (QED) is 0.558. The monoisotopic (exact) mass is 553 g/mol. The summed E-state index contributed by atoms with van der Waals surface area (Å²) in [5.74, 6) is 0. The van der Waals surface area contributed by atoms with Crippen LogP contribution in [0.15, 0.2) is 46.7 Å². The molecule has 5 rings (SSSR count). The highest BCUT2D eigenvalue weighted by molar-refractivity contribution is 7.89. The molecule has 1 aliphatic carbocycles. The number of hydrogen-bond donors (Lipinski definition) is 1. The number of piperazine rings is 1. The van der Waals surface area contributed by atoms with Crippen LogP contribution in [0.3, 0.4) is 0 Å². The first-order valence-corrected chi connectivity index (χ1v) is 15.2. The summed E-state index contributed by atoms with van der Waals surface area (Å²) in [6, 6.07) is 9.48. The largest absolute Gasteiger partial charge is 0.441 e. The average molecular weight is 554 g/mol. The zero-order valence-corrected chi connectivity index (χ0v) is 22.5. The molecule has 0 radical (unpaired) electrons. The molecule has 3 fully saturated rings. The lowest BCUT2D eigenvalue weighted by Gasteiger charge is -2.44. The Balaban J connectivity index is 1.41. The number of amides is 1. The first-order chi connectivity index (χ1) is 17.3. The van der Waals surface area contributed by atoms with Gasteiger partial charge in [0.2, 0.25) is 10.0 Å². The molecule has 36 heavy (non-hydrogen) atoms. The molecule has 2 saturated heterocycles. The molecular weight excluding hydrogens is 522 g/mol. The first kappa shape index (κ1) is 25.9. The number of rotatable bonds is 7. The Morgan fingerprint density at radius 3 is 2.44 bits per heavy atom. The normalized spacial score (nSPS) is 25.0. The molecule has 0 bridgehead atoms. The fourth-order valence-electron chi connectivity index (χ4n) is 5.44. The summed E-state index contributed by atoms with van der Waals surface area (Å²) in [5.41, 5.74) is -0.811.